The van der Waals surface area contributed by atoms with Crippen molar-refractivity contribution in [3.63, 3.8) is 0 Å². The summed E-state index contributed by atoms with van der Waals surface area (Å²) in [5, 5.41) is 0. The number of hydrogen-bond donors (Lipinski definition) is 0. The molecule has 3 aromatic rings. The van der Waals surface area contributed by atoms with Crippen molar-refractivity contribution in [2.45, 2.75) is 50.5 Å². The molecule has 1 fully saturated rings. The van der Waals surface area contributed by atoms with Crippen molar-refractivity contribution >= 4 is 0 Å². The van der Waals surface area contributed by atoms with Crippen LogP contribution in [0.3, 0.4) is 0 Å². The molecule has 0 amide bonds. The summed E-state index contributed by atoms with van der Waals surface area (Å²) in [5.41, 5.74) is 2.33. The van der Waals surface area contributed by atoms with E-state index in [1.54, 1.807) is 43.5 Å². The van der Waals surface area contributed by atoms with Crippen molar-refractivity contribution in [2.24, 2.45) is 0 Å². The van der Waals surface area contributed by atoms with Crippen LogP contribution in [0, 0.1) is 23.3 Å². The molecule has 0 aliphatic heterocycles. The second kappa shape index (κ2) is 10.6. The molecule has 0 aromatic heterocycles. The lowest BCUT2D eigenvalue weighted by molar-refractivity contribution is 0.0655. The molecule has 0 bridgehead atoms. The van der Waals surface area contributed by atoms with E-state index >= 15 is 0 Å². The molecule has 0 spiro atoms. The van der Waals surface area contributed by atoms with E-state index in [-0.39, 0.29) is 23.3 Å². The first-order chi connectivity index (χ1) is 16.4. The zero-order valence-electron chi connectivity index (χ0n) is 19.3. The molecule has 180 valence electrons. The number of hydrogen-bond acceptors (Lipinski definition) is 2. The van der Waals surface area contributed by atoms with E-state index < -0.39 is 23.3 Å². The molecule has 1 aliphatic carbocycles. The zero-order chi connectivity index (χ0) is 24.2. The van der Waals surface area contributed by atoms with Gasteiger partial charge in [-0.2, -0.15) is 4.39 Å². The van der Waals surface area contributed by atoms with Gasteiger partial charge in [0, 0.05) is 12.7 Å². The number of halogens is 4. The Balaban J connectivity index is 1.43. The predicted octanol–water partition coefficient (Wildman–Crippen LogP) is 7.38. The number of aryl methyl sites for hydroxylation is 2. The Hall–Kier alpha value is -2.86. The average molecular weight is 473 g/mol. The van der Waals surface area contributed by atoms with E-state index in [0.29, 0.717) is 29.5 Å². The SMILES string of the molecule is COc1ccc(-c2ccc(CCc3ccc(C4CCC(OC)CC4)c(F)c3F)cc2)c(F)c1F. The number of ether oxygens (including phenoxy) is 2. The maximum absolute atomic E-state index is 14.8. The lowest BCUT2D eigenvalue weighted by Gasteiger charge is -2.28. The molecule has 0 saturated heterocycles. The fourth-order valence-electron chi connectivity index (χ4n) is 4.76. The Morgan fingerprint density at radius 1 is 0.706 bits per heavy atom. The Labute approximate surface area is 197 Å². The van der Waals surface area contributed by atoms with Crippen molar-refractivity contribution in [2.75, 3.05) is 14.2 Å². The molecule has 1 saturated carbocycles. The van der Waals surface area contributed by atoms with E-state index in [0.717, 1.165) is 31.2 Å². The van der Waals surface area contributed by atoms with Gasteiger partial charge in [0.15, 0.2) is 23.2 Å². The topological polar surface area (TPSA) is 18.5 Å². The summed E-state index contributed by atoms with van der Waals surface area (Å²) in [6.45, 7) is 0. The van der Waals surface area contributed by atoms with Crippen LogP contribution in [0.25, 0.3) is 11.1 Å². The van der Waals surface area contributed by atoms with Crippen LogP contribution in [0.1, 0.15) is 48.3 Å². The van der Waals surface area contributed by atoms with E-state index in [4.69, 9.17) is 9.47 Å². The molecule has 1 aliphatic rings. The molecular weight excluding hydrogens is 444 g/mol. The van der Waals surface area contributed by atoms with Gasteiger partial charge in [-0.05, 0) is 78.8 Å². The largest absolute Gasteiger partial charge is 0.494 e. The minimum absolute atomic E-state index is 0.0191. The average Bonchev–Trinajstić information content (AvgIpc) is 2.87. The predicted molar refractivity (Wildman–Crippen MR) is 124 cm³/mol. The van der Waals surface area contributed by atoms with Crippen LogP contribution in [-0.2, 0) is 17.6 Å². The quantitative estimate of drug-likeness (QED) is 0.334. The first kappa shape index (κ1) is 24.3. The first-order valence-corrected chi connectivity index (χ1v) is 11.5. The van der Waals surface area contributed by atoms with Gasteiger partial charge in [0.05, 0.1) is 13.2 Å². The van der Waals surface area contributed by atoms with E-state index in [1.807, 2.05) is 0 Å². The minimum atomic E-state index is -1.03. The van der Waals surface area contributed by atoms with E-state index in [1.165, 1.54) is 19.2 Å². The van der Waals surface area contributed by atoms with Crippen LogP contribution >= 0.6 is 0 Å². The van der Waals surface area contributed by atoms with E-state index in [9.17, 15) is 17.6 Å². The van der Waals surface area contributed by atoms with Crippen LogP contribution in [0.2, 0.25) is 0 Å². The summed E-state index contributed by atoms with van der Waals surface area (Å²) >= 11 is 0. The highest BCUT2D eigenvalue weighted by molar-refractivity contribution is 5.65. The van der Waals surface area contributed by atoms with Crippen LogP contribution in [0.4, 0.5) is 17.6 Å². The summed E-state index contributed by atoms with van der Waals surface area (Å²) in [6.07, 6.45) is 4.33. The maximum Gasteiger partial charge on any atom is 0.201 e. The third kappa shape index (κ3) is 4.97. The normalized spacial score (nSPS) is 18.2. The van der Waals surface area contributed by atoms with Crippen molar-refractivity contribution < 1.29 is 27.0 Å². The fourth-order valence-corrected chi connectivity index (χ4v) is 4.76. The Morgan fingerprint density at radius 3 is 2.06 bits per heavy atom. The zero-order valence-corrected chi connectivity index (χ0v) is 19.3. The van der Waals surface area contributed by atoms with Gasteiger partial charge >= 0.3 is 0 Å². The molecule has 34 heavy (non-hydrogen) atoms. The van der Waals surface area contributed by atoms with Gasteiger partial charge in [0.2, 0.25) is 5.82 Å². The Morgan fingerprint density at radius 2 is 1.41 bits per heavy atom. The summed E-state index contributed by atoms with van der Waals surface area (Å²) in [5.74, 6) is -3.66. The maximum atomic E-state index is 14.8. The number of rotatable bonds is 7. The molecule has 6 heteroatoms. The minimum Gasteiger partial charge on any atom is -0.494 e. The highest BCUT2D eigenvalue weighted by atomic mass is 19.2. The molecule has 0 heterocycles. The van der Waals surface area contributed by atoms with Crippen molar-refractivity contribution in [3.8, 4) is 16.9 Å². The second-order valence-corrected chi connectivity index (χ2v) is 8.79. The highest BCUT2D eigenvalue weighted by Crippen LogP contribution is 2.36. The third-order valence-electron chi connectivity index (χ3n) is 6.85. The fraction of sp³-hybridized carbons (Fsp3) is 0.357. The summed E-state index contributed by atoms with van der Waals surface area (Å²) < 4.78 is 68.2. The molecule has 4 rings (SSSR count). The lowest BCUT2D eigenvalue weighted by atomic mass is 9.82. The molecule has 2 nitrogen and oxygen atoms in total. The summed E-state index contributed by atoms with van der Waals surface area (Å²) in [7, 11) is 2.96. The molecule has 0 atom stereocenters. The summed E-state index contributed by atoms with van der Waals surface area (Å²) in [4.78, 5) is 0. The van der Waals surface area contributed by atoms with Gasteiger partial charge in [-0.15, -0.1) is 0 Å². The molecule has 0 N–H and O–H groups in total. The molecule has 3 aromatic carbocycles. The monoisotopic (exact) mass is 472 g/mol. The smallest absolute Gasteiger partial charge is 0.201 e. The highest BCUT2D eigenvalue weighted by Gasteiger charge is 2.26. The number of methoxy groups -OCH3 is 2. The van der Waals surface area contributed by atoms with Gasteiger partial charge in [-0.1, -0.05) is 36.4 Å². The number of benzene rings is 3. The summed E-state index contributed by atoms with van der Waals surface area (Å²) in [6, 6.07) is 13.2. The van der Waals surface area contributed by atoms with Crippen molar-refractivity contribution in [1.29, 1.82) is 0 Å². The van der Waals surface area contributed by atoms with Gasteiger partial charge in [0.25, 0.3) is 0 Å². The third-order valence-corrected chi connectivity index (χ3v) is 6.85. The molecule has 0 unspecified atom stereocenters. The van der Waals surface area contributed by atoms with Crippen LogP contribution in [-0.4, -0.2) is 20.3 Å². The van der Waals surface area contributed by atoms with Gasteiger partial charge in [0.1, 0.15) is 0 Å². The van der Waals surface area contributed by atoms with Gasteiger partial charge < -0.3 is 9.47 Å². The van der Waals surface area contributed by atoms with E-state index in [2.05, 4.69) is 0 Å². The van der Waals surface area contributed by atoms with Crippen LogP contribution in [0.15, 0.2) is 48.5 Å². The molecular formula is C28H28F4O2. The second-order valence-electron chi connectivity index (χ2n) is 8.79. The first-order valence-electron chi connectivity index (χ1n) is 11.5. The Kier molecular flexibility index (Phi) is 7.57. The van der Waals surface area contributed by atoms with Gasteiger partial charge in [-0.25, -0.2) is 13.2 Å². The lowest BCUT2D eigenvalue weighted by Crippen LogP contribution is -2.20. The van der Waals surface area contributed by atoms with Crippen LogP contribution in [0.5, 0.6) is 5.75 Å². The van der Waals surface area contributed by atoms with Crippen molar-refractivity contribution in [1.82, 2.24) is 0 Å². The van der Waals surface area contributed by atoms with Gasteiger partial charge in [-0.3, -0.25) is 0 Å². The van der Waals surface area contributed by atoms with Crippen LogP contribution < -0.4 is 4.74 Å². The Bertz CT molecular complexity index is 1140. The molecule has 0 radical (unpaired) electrons. The standard InChI is InChI=1S/C28H28F4O2/c1-33-21-12-9-19(10-13-21)22-14-11-20(25(29)26(22)30)8-5-17-3-6-18(7-4-17)23-15-16-24(34-2)28(32)27(23)31/h3-4,6-7,11,14-16,19,21H,5,8-10,12-13H2,1-2H3. The van der Waals surface area contributed by atoms with Crippen molar-refractivity contribution in [3.05, 3.63) is 88.5 Å².